The number of ether oxygens (including phenoxy) is 1. The van der Waals surface area contributed by atoms with E-state index in [9.17, 15) is 14.9 Å². The highest BCUT2D eigenvalue weighted by Crippen LogP contribution is 2.50. The standard InChI is InChI=1S/C29H29N7O3S2/c1-4-39-19-9-7-18(8-10-19)33-23(38)16-40-28-35-34-27(41-28)36-21-12-29(2,3)13-22(37)25(21)24(20(14-30)26(36)31)17-6-5-11-32-15-17/h5-11,15,24H,4,12-13,16,31H2,1-3H3,(H,33,38). The van der Waals surface area contributed by atoms with Crippen LogP contribution in [0.5, 0.6) is 5.75 Å². The van der Waals surface area contributed by atoms with Gasteiger partial charge in [0.15, 0.2) is 10.1 Å². The van der Waals surface area contributed by atoms with Gasteiger partial charge < -0.3 is 15.8 Å². The number of Topliss-reactive ketones (excluding diaryl/α,β-unsaturated/α-hetero) is 1. The lowest BCUT2D eigenvalue weighted by Gasteiger charge is -2.42. The maximum absolute atomic E-state index is 13.6. The summed E-state index contributed by atoms with van der Waals surface area (Å²) in [6, 6.07) is 13.1. The molecule has 0 saturated carbocycles. The fraction of sp³-hybridized carbons (Fsp3) is 0.310. The highest BCUT2D eigenvalue weighted by Gasteiger charge is 2.45. The van der Waals surface area contributed by atoms with Gasteiger partial charge in [0.2, 0.25) is 11.0 Å². The molecule has 0 fully saturated rings. The molecular formula is C29H29N7O3S2. The molecule has 1 amide bonds. The van der Waals surface area contributed by atoms with Gasteiger partial charge in [-0.25, -0.2) is 0 Å². The van der Waals surface area contributed by atoms with E-state index in [0.29, 0.717) is 40.2 Å². The molecule has 0 bridgehead atoms. The minimum Gasteiger partial charge on any atom is -0.494 e. The van der Waals surface area contributed by atoms with Gasteiger partial charge in [-0.3, -0.25) is 19.5 Å². The summed E-state index contributed by atoms with van der Waals surface area (Å²) in [4.78, 5) is 32.1. The fourth-order valence-electron chi connectivity index (χ4n) is 5.08. The summed E-state index contributed by atoms with van der Waals surface area (Å²) in [5.74, 6) is 0.256. The van der Waals surface area contributed by atoms with Gasteiger partial charge in [0.25, 0.3) is 0 Å². The van der Waals surface area contributed by atoms with Gasteiger partial charge in [-0.1, -0.05) is 43.0 Å². The molecule has 3 N–H and O–H groups in total. The number of carbonyl (C=O) groups is 2. The highest BCUT2D eigenvalue weighted by molar-refractivity contribution is 8.01. The Morgan fingerprint density at radius 1 is 1.27 bits per heavy atom. The maximum Gasteiger partial charge on any atom is 0.234 e. The number of hydrogen-bond donors (Lipinski definition) is 2. The van der Waals surface area contributed by atoms with E-state index in [-0.39, 0.29) is 34.3 Å². The van der Waals surface area contributed by atoms with Crippen molar-refractivity contribution in [3.05, 3.63) is 77.0 Å². The van der Waals surface area contributed by atoms with Crippen LogP contribution >= 0.6 is 23.1 Å². The van der Waals surface area contributed by atoms with Crippen molar-refractivity contribution < 1.29 is 14.3 Å². The Morgan fingerprint density at radius 2 is 2.05 bits per heavy atom. The molecule has 41 heavy (non-hydrogen) atoms. The largest absolute Gasteiger partial charge is 0.494 e. The molecule has 210 valence electrons. The average molecular weight is 588 g/mol. The summed E-state index contributed by atoms with van der Waals surface area (Å²) in [5.41, 5.74) is 9.28. The van der Waals surface area contributed by atoms with Crippen molar-refractivity contribution in [1.82, 2.24) is 15.2 Å². The minimum absolute atomic E-state index is 0.0274. The number of allylic oxidation sites excluding steroid dienone is 3. The van der Waals surface area contributed by atoms with Crippen molar-refractivity contribution in [2.24, 2.45) is 11.1 Å². The van der Waals surface area contributed by atoms with Crippen LogP contribution in [0.4, 0.5) is 10.8 Å². The number of benzene rings is 1. The molecule has 1 aliphatic heterocycles. The predicted molar refractivity (Wildman–Crippen MR) is 158 cm³/mol. The molecule has 12 heteroatoms. The molecule has 5 rings (SSSR count). The van der Waals surface area contributed by atoms with Gasteiger partial charge in [0.1, 0.15) is 11.6 Å². The number of amides is 1. The first-order chi connectivity index (χ1) is 19.7. The molecule has 10 nitrogen and oxygen atoms in total. The second-order valence-corrected chi connectivity index (χ2v) is 12.6. The molecule has 2 aromatic heterocycles. The van der Waals surface area contributed by atoms with Crippen molar-refractivity contribution in [2.75, 3.05) is 22.6 Å². The van der Waals surface area contributed by atoms with Crippen LogP contribution in [0.3, 0.4) is 0 Å². The van der Waals surface area contributed by atoms with Crippen molar-refractivity contribution in [1.29, 1.82) is 5.26 Å². The third kappa shape index (κ3) is 5.96. The first-order valence-corrected chi connectivity index (χ1v) is 14.9. The number of rotatable bonds is 8. The number of aromatic nitrogens is 3. The van der Waals surface area contributed by atoms with E-state index in [4.69, 9.17) is 10.5 Å². The number of carbonyl (C=O) groups excluding carboxylic acids is 2. The van der Waals surface area contributed by atoms with Gasteiger partial charge in [0.05, 0.1) is 29.9 Å². The van der Waals surface area contributed by atoms with Gasteiger partial charge in [0, 0.05) is 35.8 Å². The number of nitrogens with zero attached hydrogens (tertiary/aromatic N) is 5. The minimum atomic E-state index is -0.600. The smallest absolute Gasteiger partial charge is 0.234 e. The van der Waals surface area contributed by atoms with E-state index < -0.39 is 5.92 Å². The molecule has 3 heterocycles. The summed E-state index contributed by atoms with van der Waals surface area (Å²) in [7, 11) is 0. The summed E-state index contributed by atoms with van der Waals surface area (Å²) in [5, 5.41) is 22.1. The lowest BCUT2D eigenvalue weighted by molar-refractivity contribution is -0.118. The van der Waals surface area contributed by atoms with Gasteiger partial charge in [-0.2, -0.15) is 5.26 Å². The molecular weight excluding hydrogens is 558 g/mol. The fourth-order valence-corrected chi connectivity index (χ4v) is 6.76. The monoisotopic (exact) mass is 587 g/mol. The molecule has 0 saturated heterocycles. The summed E-state index contributed by atoms with van der Waals surface area (Å²) in [6.07, 6.45) is 4.24. The van der Waals surface area contributed by atoms with Gasteiger partial charge >= 0.3 is 0 Å². The molecule has 3 aromatic rings. The Bertz CT molecular complexity index is 1570. The zero-order valence-corrected chi connectivity index (χ0v) is 24.5. The van der Waals surface area contributed by atoms with E-state index >= 15 is 0 Å². The van der Waals surface area contributed by atoms with Gasteiger partial charge in [-0.15, -0.1) is 10.2 Å². The van der Waals surface area contributed by atoms with Crippen molar-refractivity contribution in [3.8, 4) is 11.8 Å². The summed E-state index contributed by atoms with van der Waals surface area (Å²) < 4.78 is 6.00. The Morgan fingerprint density at radius 3 is 2.73 bits per heavy atom. The van der Waals surface area contributed by atoms with Crippen LogP contribution in [-0.2, 0) is 9.59 Å². The Balaban J connectivity index is 1.40. The number of pyridine rings is 1. The molecule has 1 aromatic carbocycles. The number of nitriles is 1. The van der Waals surface area contributed by atoms with Crippen LogP contribution in [0.1, 0.15) is 45.1 Å². The van der Waals surface area contributed by atoms with Crippen LogP contribution in [-0.4, -0.2) is 39.2 Å². The summed E-state index contributed by atoms with van der Waals surface area (Å²) in [6.45, 7) is 6.56. The van der Waals surface area contributed by atoms with Crippen LogP contribution < -0.4 is 20.7 Å². The molecule has 1 unspecified atom stereocenters. The normalized spacial score (nSPS) is 18.1. The first-order valence-electron chi connectivity index (χ1n) is 13.1. The number of nitrogens with one attached hydrogen (secondary N) is 1. The zero-order chi connectivity index (χ0) is 29.1. The molecule has 2 aliphatic rings. The molecule has 0 spiro atoms. The zero-order valence-electron chi connectivity index (χ0n) is 22.9. The maximum atomic E-state index is 13.6. The van der Waals surface area contributed by atoms with Gasteiger partial charge in [-0.05, 0) is 54.7 Å². The molecule has 1 aliphatic carbocycles. The third-order valence-electron chi connectivity index (χ3n) is 6.76. The third-order valence-corrected chi connectivity index (χ3v) is 8.80. The number of nitrogens with two attached hydrogens (primary N) is 1. The van der Waals surface area contributed by atoms with Crippen LogP contribution in [0.25, 0.3) is 0 Å². The van der Waals surface area contributed by atoms with Crippen molar-refractivity contribution in [2.45, 2.75) is 43.9 Å². The SMILES string of the molecule is CCOc1ccc(NC(=O)CSc2nnc(N3C(N)=C(C#N)C(c4cccnc4)C4=C3CC(C)(C)CC4=O)s2)cc1. The Hall–Kier alpha value is -4.21. The van der Waals surface area contributed by atoms with E-state index in [1.165, 1.54) is 23.1 Å². The van der Waals surface area contributed by atoms with Crippen molar-refractivity contribution >= 4 is 45.6 Å². The van der Waals surface area contributed by atoms with Crippen LogP contribution in [0.15, 0.2) is 75.8 Å². The quantitative estimate of drug-likeness (QED) is 0.345. The topological polar surface area (TPSA) is 147 Å². The van der Waals surface area contributed by atoms with E-state index in [1.54, 1.807) is 47.6 Å². The average Bonchev–Trinajstić information content (AvgIpc) is 3.41. The second kappa shape index (κ2) is 11.7. The number of ketones is 1. The van der Waals surface area contributed by atoms with E-state index in [0.717, 1.165) is 17.0 Å². The number of anilines is 2. The van der Waals surface area contributed by atoms with Crippen LogP contribution in [0, 0.1) is 16.7 Å². The Labute approximate surface area is 246 Å². The summed E-state index contributed by atoms with van der Waals surface area (Å²) >= 11 is 2.50. The lowest BCUT2D eigenvalue weighted by atomic mass is 9.69. The first kappa shape index (κ1) is 28.3. The Kier molecular flexibility index (Phi) is 8.10. The number of thioether (sulfide) groups is 1. The van der Waals surface area contributed by atoms with E-state index in [1.807, 2.05) is 26.8 Å². The lowest BCUT2D eigenvalue weighted by Crippen LogP contribution is -2.42. The van der Waals surface area contributed by atoms with Crippen LogP contribution in [0.2, 0.25) is 0 Å². The number of hydrogen-bond acceptors (Lipinski definition) is 11. The molecule has 1 atom stereocenters. The molecule has 0 radical (unpaired) electrons. The van der Waals surface area contributed by atoms with E-state index in [2.05, 4.69) is 26.6 Å². The van der Waals surface area contributed by atoms with Crippen molar-refractivity contribution in [3.63, 3.8) is 0 Å². The predicted octanol–water partition coefficient (Wildman–Crippen LogP) is 5.00. The highest BCUT2D eigenvalue weighted by atomic mass is 32.2. The second-order valence-electron chi connectivity index (χ2n) is 10.4.